The van der Waals surface area contributed by atoms with Gasteiger partial charge in [0.05, 0.1) is 0 Å². The zero-order valence-corrected chi connectivity index (χ0v) is 10.0. The molecule has 0 aromatic heterocycles. The van der Waals surface area contributed by atoms with Crippen molar-refractivity contribution in [3.05, 3.63) is 0 Å². The number of rotatable bonds is 0. The second-order valence-electron chi connectivity index (χ2n) is 0.201. The molecule has 0 fully saturated rings. The molecule has 5 heavy (non-hydrogen) atoms. The Labute approximate surface area is 58.6 Å². The Kier molecular flexibility index (Phi) is 10.8. The summed E-state index contributed by atoms with van der Waals surface area (Å²) in [5.74, 6) is 0. The van der Waals surface area contributed by atoms with Crippen molar-refractivity contribution in [3.8, 4) is 0 Å². The first-order valence-electron chi connectivity index (χ1n) is 0.478. The third kappa shape index (κ3) is 29.2. The molecular weight excluding hydrogens is 375 g/mol. The van der Waals surface area contributed by atoms with E-state index in [1.165, 1.54) is 0 Å². The minimum absolute atomic E-state index is 0. The van der Waals surface area contributed by atoms with Crippen LogP contribution in [0.25, 0.3) is 0 Å². The van der Waals surface area contributed by atoms with Gasteiger partial charge in [0.1, 0.15) is 0 Å². The van der Waals surface area contributed by atoms with Gasteiger partial charge in [-0.25, -0.2) is 0 Å². The fourth-order valence-corrected chi connectivity index (χ4v) is 0. The fraction of sp³-hybridized carbons (Fsp3) is 0. The minimum Gasteiger partial charge on any atom is -0.396 e. The van der Waals surface area contributed by atoms with Crippen LogP contribution in [0.4, 0.5) is 0 Å². The molecule has 0 atom stereocenters. The van der Waals surface area contributed by atoms with Crippen LogP contribution < -0.4 is 27.9 Å². The van der Waals surface area contributed by atoms with Gasteiger partial charge in [0.25, 0.3) is 0 Å². The monoisotopic (exact) mass is 378 g/mol. The number of halogens is 1. The fourth-order valence-electron chi connectivity index (χ4n) is 0. The molecule has 0 bridgehead atoms. The minimum atomic E-state index is -3.76. The molecule has 0 aliphatic heterocycles. The van der Waals surface area contributed by atoms with E-state index in [4.69, 9.17) is 10.3 Å². The van der Waals surface area contributed by atoms with Crippen molar-refractivity contribution < 1.29 is 59.0 Å². The van der Waals surface area contributed by atoms with Crippen molar-refractivity contribution in [1.82, 2.24) is 0 Å². The van der Waals surface area contributed by atoms with Gasteiger partial charge in [-0.1, -0.05) is 0 Å². The molecule has 1 N–H and O–H groups in total. The molecule has 0 aromatic rings. The van der Waals surface area contributed by atoms with E-state index < -0.39 is 21.1 Å². The van der Waals surface area contributed by atoms with E-state index in [1.807, 2.05) is 0 Å². The second kappa shape index (κ2) is 5.55. The first kappa shape index (κ1) is 9.74. The van der Waals surface area contributed by atoms with Crippen LogP contribution in [0.5, 0.6) is 0 Å². The molecule has 0 rings (SSSR count). The number of hydrogen-bond donors (Lipinski definition) is 1. The molecule has 0 aliphatic carbocycles. The SMILES string of the molecule is [Hg].[O-][I+2]([O-])O. The molecule has 0 spiro atoms. The van der Waals surface area contributed by atoms with Gasteiger partial charge in [0.15, 0.2) is 0 Å². The van der Waals surface area contributed by atoms with Crippen molar-refractivity contribution in [2.24, 2.45) is 0 Å². The molecule has 0 radical (unpaired) electrons. The maximum absolute atomic E-state index is 8.68. The van der Waals surface area contributed by atoms with Crippen LogP contribution in [0.2, 0.25) is 0 Å². The van der Waals surface area contributed by atoms with Gasteiger partial charge in [-0.15, -0.1) is 0 Å². The third-order valence-electron chi connectivity index (χ3n) is 0. The van der Waals surface area contributed by atoms with Crippen LogP contribution in [0, 0.1) is 0 Å². The van der Waals surface area contributed by atoms with Crippen LogP contribution in [-0.2, 0) is 27.7 Å². The summed E-state index contributed by atoms with van der Waals surface area (Å²) < 4.78 is 24.5. The summed E-state index contributed by atoms with van der Waals surface area (Å²) in [5.41, 5.74) is 0. The van der Waals surface area contributed by atoms with Crippen LogP contribution in [0.15, 0.2) is 0 Å². The van der Waals surface area contributed by atoms with Gasteiger partial charge < -0.3 is 6.87 Å². The number of hydrogen-bond acceptors (Lipinski definition) is 3. The summed E-state index contributed by atoms with van der Waals surface area (Å²) in [4.78, 5) is 0. The molecule has 0 saturated carbocycles. The maximum Gasteiger partial charge on any atom is 0.503 e. The van der Waals surface area contributed by atoms with Crippen molar-refractivity contribution >= 4 is 0 Å². The van der Waals surface area contributed by atoms with E-state index in [0.717, 1.165) is 0 Å². The average Bonchev–Trinajstić information content (AvgIpc) is 0.811. The van der Waals surface area contributed by atoms with Crippen molar-refractivity contribution in [2.45, 2.75) is 0 Å². The summed E-state index contributed by atoms with van der Waals surface area (Å²) in [6, 6.07) is 0. The molecular formula is HHgIO3. The summed E-state index contributed by atoms with van der Waals surface area (Å²) in [5, 5.41) is 0. The van der Waals surface area contributed by atoms with Gasteiger partial charge in [-0.2, -0.15) is 0 Å². The largest absolute Gasteiger partial charge is 0.503 e. The van der Waals surface area contributed by atoms with E-state index in [2.05, 4.69) is 0 Å². The van der Waals surface area contributed by atoms with Crippen LogP contribution in [0.1, 0.15) is 0 Å². The van der Waals surface area contributed by atoms with Crippen LogP contribution in [0.3, 0.4) is 0 Å². The van der Waals surface area contributed by atoms with Gasteiger partial charge in [0.2, 0.25) is 0 Å². The van der Waals surface area contributed by atoms with Crippen molar-refractivity contribution in [3.63, 3.8) is 0 Å². The Morgan fingerprint density at radius 3 is 1.40 bits per heavy atom. The Balaban J connectivity index is 0. The first-order valence-corrected chi connectivity index (χ1v) is 3.20. The smallest absolute Gasteiger partial charge is 0.396 e. The zero-order valence-electron chi connectivity index (χ0n) is 2.35. The summed E-state index contributed by atoms with van der Waals surface area (Å²) in [6.45, 7) is 0. The van der Waals surface area contributed by atoms with E-state index in [9.17, 15) is 0 Å². The molecule has 5 heteroatoms. The Bertz CT molecular complexity index is 11.6. The molecule has 0 amide bonds. The Morgan fingerprint density at radius 2 is 1.40 bits per heavy atom. The summed E-state index contributed by atoms with van der Waals surface area (Å²) in [7, 11) is 0. The van der Waals surface area contributed by atoms with Crippen LogP contribution >= 0.6 is 0 Å². The Morgan fingerprint density at radius 1 is 1.40 bits per heavy atom. The van der Waals surface area contributed by atoms with E-state index >= 15 is 0 Å². The predicted molar refractivity (Wildman–Crippen MR) is 2.22 cm³/mol. The Hall–Kier alpha value is 1.55. The van der Waals surface area contributed by atoms with Gasteiger partial charge in [0, 0.05) is 27.7 Å². The first-order chi connectivity index (χ1) is 1.73. The average molecular weight is 376 g/mol. The van der Waals surface area contributed by atoms with E-state index in [0.29, 0.717) is 0 Å². The summed E-state index contributed by atoms with van der Waals surface area (Å²) >= 11 is -3.76. The van der Waals surface area contributed by atoms with Gasteiger partial charge >= 0.3 is 21.1 Å². The molecule has 0 unspecified atom stereocenters. The topological polar surface area (TPSA) is 66.3 Å². The summed E-state index contributed by atoms with van der Waals surface area (Å²) in [6.07, 6.45) is 0. The molecule has 0 aliphatic rings. The van der Waals surface area contributed by atoms with Gasteiger partial charge in [-0.05, 0) is 3.44 Å². The predicted octanol–water partition coefficient (Wildman–Crippen LogP) is -5.93. The maximum atomic E-state index is 8.68. The molecule has 28 valence electrons. The van der Waals surface area contributed by atoms with Crippen molar-refractivity contribution in [1.29, 1.82) is 0 Å². The molecule has 3 nitrogen and oxygen atoms in total. The van der Waals surface area contributed by atoms with E-state index in [1.54, 1.807) is 0 Å². The molecule has 0 saturated heterocycles. The molecule has 0 aromatic carbocycles. The normalized spacial score (nSPS) is 7.20. The standard InChI is InChI=1S/Hg.HIO3/c;2-1(3)4/h;2H. The third-order valence-corrected chi connectivity index (χ3v) is 0. The van der Waals surface area contributed by atoms with Crippen molar-refractivity contribution in [2.75, 3.05) is 0 Å². The van der Waals surface area contributed by atoms with E-state index in [-0.39, 0.29) is 27.7 Å². The van der Waals surface area contributed by atoms with Crippen LogP contribution in [-0.4, -0.2) is 3.44 Å². The second-order valence-corrected chi connectivity index (χ2v) is 1.35. The zero-order chi connectivity index (χ0) is 3.58. The van der Waals surface area contributed by atoms with Gasteiger partial charge in [-0.3, -0.25) is 0 Å². The molecule has 0 heterocycles. The quantitative estimate of drug-likeness (QED) is 0.338.